The van der Waals surface area contributed by atoms with Crippen molar-refractivity contribution < 1.29 is 14.4 Å². The zero-order chi connectivity index (χ0) is 22.2. The van der Waals surface area contributed by atoms with E-state index in [0.29, 0.717) is 36.3 Å². The van der Waals surface area contributed by atoms with Crippen molar-refractivity contribution in [2.24, 2.45) is 7.05 Å². The average molecular weight is 431 g/mol. The zero-order valence-electron chi connectivity index (χ0n) is 18.1. The van der Waals surface area contributed by atoms with Gasteiger partial charge in [-0.15, -0.1) is 0 Å². The van der Waals surface area contributed by atoms with Gasteiger partial charge in [0.25, 0.3) is 5.91 Å². The molecule has 32 heavy (non-hydrogen) atoms. The third-order valence-electron chi connectivity index (χ3n) is 6.44. The lowest BCUT2D eigenvalue weighted by molar-refractivity contribution is -0.119. The molecule has 0 unspecified atom stereocenters. The van der Waals surface area contributed by atoms with Gasteiger partial charge < -0.3 is 20.1 Å². The summed E-state index contributed by atoms with van der Waals surface area (Å²) >= 11 is 0. The van der Waals surface area contributed by atoms with Crippen molar-refractivity contribution in [1.82, 2.24) is 9.47 Å². The maximum absolute atomic E-state index is 13.0. The molecule has 164 valence electrons. The Hall–Kier alpha value is -3.61. The summed E-state index contributed by atoms with van der Waals surface area (Å²) < 4.78 is 2.11. The predicted octanol–water partition coefficient (Wildman–Crippen LogP) is 3.70. The number of fused-ring (bicyclic) bond motifs is 3. The number of hydrogen-bond donors (Lipinski definition) is 2. The van der Waals surface area contributed by atoms with Crippen LogP contribution in [0.4, 0.5) is 11.4 Å². The SMILES string of the molecule is Cn1cc(CCCC(=O)Nc2ccc3c(c2)C(=O)N2CCC[C@@H]2C(=O)N3)c2ccccc21. The Balaban J connectivity index is 1.24. The third-order valence-corrected chi connectivity index (χ3v) is 6.44. The summed E-state index contributed by atoms with van der Waals surface area (Å²) in [5.74, 6) is -0.387. The van der Waals surface area contributed by atoms with E-state index in [4.69, 9.17) is 0 Å². The third kappa shape index (κ3) is 3.64. The Morgan fingerprint density at radius 2 is 2.03 bits per heavy atom. The van der Waals surface area contributed by atoms with Crippen LogP contribution >= 0.6 is 0 Å². The number of amides is 3. The summed E-state index contributed by atoms with van der Waals surface area (Å²) in [6.45, 7) is 0.584. The molecule has 0 saturated carbocycles. The molecule has 7 nitrogen and oxygen atoms in total. The Labute approximate surface area is 186 Å². The summed E-state index contributed by atoms with van der Waals surface area (Å²) in [6, 6.07) is 13.0. The number of aryl methyl sites for hydroxylation is 2. The first-order chi connectivity index (χ1) is 15.5. The number of carbonyl (C=O) groups excluding carboxylic acids is 3. The first kappa shape index (κ1) is 20.3. The maximum Gasteiger partial charge on any atom is 0.256 e. The van der Waals surface area contributed by atoms with E-state index in [1.165, 1.54) is 16.5 Å². The predicted molar refractivity (Wildman–Crippen MR) is 124 cm³/mol. The average Bonchev–Trinajstić information content (AvgIpc) is 3.38. The highest BCUT2D eigenvalue weighted by atomic mass is 16.2. The number of anilines is 2. The number of benzene rings is 2. The highest BCUT2D eigenvalue weighted by Crippen LogP contribution is 2.30. The lowest BCUT2D eigenvalue weighted by atomic mass is 10.1. The van der Waals surface area contributed by atoms with Crippen molar-refractivity contribution in [3.05, 3.63) is 59.8 Å². The number of nitrogens with one attached hydrogen (secondary N) is 2. The molecule has 7 heteroatoms. The van der Waals surface area contributed by atoms with Gasteiger partial charge in [-0.1, -0.05) is 18.2 Å². The molecule has 3 amide bonds. The van der Waals surface area contributed by atoms with Crippen molar-refractivity contribution in [2.75, 3.05) is 17.2 Å². The Bertz CT molecular complexity index is 1230. The summed E-state index contributed by atoms with van der Waals surface area (Å²) in [6.07, 6.45) is 5.58. The van der Waals surface area contributed by atoms with Gasteiger partial charge >= 0.3 is 0 Å². The van der Waals surface area contributed by atoms with E-state index in [-0.39, 0.29) is 17.7 Å². The molecule has 3 aromatic rings. The number of rotatable bonds is 5. The lowest BCUT2D eigenvalue weighted by Crippen LogP contribution is -2.40. The number of carbonyl (C=O) groups is 3. The van der Waals surface area contributed by atoms with Crippen LogP contribution in [-0.2, 0) is 23.1 Å². The Morgan fingerprint density at radius 3 is 2.91 bits per heavy atom. The van der Waals surface area contributed by atoms with Crippen LogP contribution in [-0.4, -0.2) is 39.8 Å². The van der Waals surface area contributed by atoms with Crippen molar-refractivity contribution in [3.8, 4) is 0 Å². The quantitative estimate of drug-likeness (QED) is 0.648. The van der Waals surface area contributed by atoms with Crippen LogP contribution in [0.2, 0.25) is 0 Å². The zero-order valence-corrected chi connectivity index (χ0v) is 18.1. The highest BCUT2D eigenvalue weighted by molar-refractivity contribution is 6.11. The Kier molecular flexibility index (Phi) is 5.17. The molecule has 1 atom stereocenters. The van der Waals surface area contributed by atoms with E-state index < -0.39 is 6.04 Å². The fourth-order valence-electron chi connectivity index (χ4n) is 4.85. The molecule has 0 aliphatic carbocycles. The molecule has 5 rings (SSSR count). The van der Waals surface area contributed by atoms with Crippen LogP contribution in [0.15, 0.2) is 48.7 Å². The van der Waals surface area contributed by atoms with Crippen molar-refractivity contribution >= 4 is 40.0 Å². The second kappa shape index (κ2) is 8.15. The van der Waals surface area contributed by atoms with E-state index in [2.05, 4.69) is 33.5 Å². The van der Waals surface area contributed by atoms with Crippen LogP contribution in [0.1, 0.15) is 41.6 Å². The molecule has 1 saturated heterocycles. The van der Waals surface area contributed by atoms with Crippen LogP contribution < -0.4 is 10.6 Å². The van der Waals surface area contributed by atoms with Gasteiger partial charge in [0.05, 0.1) is 11.3 Å². The molecule has 3 heterocycles. The lowest BCUT2D eigenvalue weighted by Gasteiger charge is -2.20. The minimum atomic E-state index is -0.401. The van der Waals surface area contributed by atoms with Crippen LogP contribution in [0.5, 0.6) is 0 Å². The van der Waals surface area contributed by atoms with Gasteiger partial charge in [-0.2, -0.15) is 0 Å². The molecule has 2 aromatic carbocycles. The number of nitrogens with zero attached hydrogens (tertiary/aromatic N) is 2. The van der Waals surface area contributed by atoms with Gasteiger partial charge in [-0.3, -0.25) is 14.4 Å². The van der Waals surface area contributed by atoms with Gasteiger partial charge in [0.15, 0.2) is 0 Å². The number of hydrogen-bond acceptors (Lipinski definition) is 3. The second-order valence-electron chi connectivity index (χ2n) is 8.59. The largest absolute Gasteiger partial charge is 0.350 e. The molecule has 1 fully saturated rings. The Morgan fingerprint density at radius 1 is 1.19 bits per heavy atom. The van der Waals surface area contributed by atoms with Crippen molar-refractivity contribution in [3.63, 3.8) is 0 Å². The summed E-state index contributed by atoms with van der Waals surface area (Å²) in [7, 11) is 2.03. The minimum absolute atomic E-state index is 0.0886. The molecule has 0 spiro atoms. The molecule has 0 bridgehead atoms. The molecule has 2 aliphatic heterocycles. The standard InChI is InChI=1S/C25H26N4O3/c1-28-15-16(18-7-2-3-8-21(18)28)6-4-10-23(30)26-17-11-12-20-19(14-17)25(32)29-13-5-9-22(29)24(31)27-20/h2-3,7-8,11-12,14-15,22H,4-6,9-10,13H2,1H3,(H,26,30)(H,27,31)/t22-/m1/s1. The molecular weight excluding hydrogens is 404 g/mol. The first-order valence-electron chi connectivity index (χ1n) is 11.1. The van der Waals surface area contributed by atoms with Crippen LogP contribution in [0.3, 0.4) is 0 Å². The van der Waals surface area contributed by atoms with E-state index in [9.17, 15) is 14.4 Å². The summed E-state index contributed by atoms with van der Waals surface area (Å²) in [5, 5.41) is 6.99. The van der Waals surface area contributed by atoms with E-state index in [0.717, 1.165) is 19.3 Å². The van der Waals surface area contributed by atoms with Crippen LogP contribution in [0, 0.1) is 0 Å². The number of para-hydroxylation sites is 1. The monoisotopic (exact) mass is 430 g/mol. The van der Waals surface area contributed by atoms with E-state index in [1.807, 2.05) is 19.2 Å². The fraction of sp³-hybridized carbons (Fsp3) is 0.320. The molecule has 2 N–H and O–H groups in total. The van der Waals surface area contributed by atoms with Gasteiger partial charge in [0.2, 0.25) is 11.8 Å². The van der Waals surface area contributed by atoms with Gasteiger partial charge in [-0.05, 0) is 55.5 Å². The van der Waals surface area contributed by atoms with Crippen molar-refractivity contribution in [2.45, 2.75) is 38.1 Å². The van der Waals surface area contributed by atoms with Gasteiger partial charge in [-0.25, -0.2) is 0 Å². The second-order valence-corrected chi connectivity index (χ2v) is 8.59. The molecule has 0 radical (unpaired) electrons. The first-order valence-corrected chi connectivity index (χ1v) is 11.1. The minimum Gasteiger partial charge on any atom is -0.350 e. The summed E-state index contributed by atoms with van der Waals surface area (Å²) in [4.78, 5) is 39.5. The molecule has 2 aliphatic rings. The molecule has 1 aromatic heterocycles. The topological polar surface area (TPSA) is 83.4 Å². The number of aromatic nitrogens is 1. The summed E-state index contributed by atoms with van der Waals surface area (Å²) in [5.41, 5.74) is 3.93. The van der Waals surface area contributed by atoms with Crippen molar-refractivity contribution in [1.29, 1.82) is 0 Å². The van der Waals surface area contributed by atoms with Crippen LogP contribution in [0.25, 0.3) is 10.9 Å². The fourth-order valence-corrected chi connectivity index (χ4v) is 4.85. The van der Waals surface area contributed by atoms with Gasteiger partial charge in [0.1, 0.15) is 6.04 Å². The van der Waals surface area contributed by atoms with E-state index in [1.54, 1.807) is 23.1 Å². The maximum atomic E-state index is 13.0. The molecular formula is C25H26N4O3. The van der Waals surface area contributed by atoms with Gasteiger partial charge in [0, 0.05) is 42.8 Å². The smallest absolute Gasteiger partial charge is 0.256 e. The van der Waals surface area contributed by atoms with E-state index >= 15 is 0 Å². The normalized spacial score (nSPS) is 17.7. The highest BCUT2D eigenvalue weighted by Gasteiger charge is 2.38.